The van der Waals surface area contributed by atoms with Crippen LogP contribution in [0.4, 0.5) is 4.48 Å². The highest BCUT2D eigenvalue weighted by molar-refractivity contribution is 6.11. The Balaban J connectivity index is 2.32. The Hall–Kier alpha value is -1.26. The van der Waals surface area contributed by atoms with Crippen LogP contribution in [0.3, 0.4) is 0 Å². The monoisotopic (exact) mass is 263 g/mol. The topological polar surface area (TPSA) is 27.6 Å². The molecule has 0 aromatic carbocycles. The first-order valence-electron chi connectivity index (χ1n) is 7.31. The van der Waals surface area contributed by atoms with Gasteiger partial charge in [0.05, 0.1) is 5.70 Å². The van der Waals surface area contributed by atoms with E-state index >= 15 is 0 Å². The Morgan fingerprint density at radius 3 is 2.63 bits per heavy atom. The molecule has 1 N–H and O–H groups in total. The molecule has 3 nitrogen and oxygen atoms in total. The molecule has 19 heavy (non-hydrogen) atoms. The third-order valence-electron chi connectivity index (χ3n) is 3.94. The van der Waals surface area contributed by atoms with E-state index in [2.05, 4.69) is 30.2 Å². The highest BCUT2D eigenvalue weighted by atomic mass is 19.2. The fraction of sp³-hybridized carbons (Fsp3) is 0.643. The molecule has 2 rings (SSSR count). The molecule has 1 heterocycles. The number of nitrogens with one attached hydrogen (secondary N) is 1. The molecule has 0 spiro atoms. The second-order valence-corrected chi connectivity index (χ2v) is 5.27. The van der Waals surface area contributed by atoms with E-state index in [4.69, 9.17) is 0 Å². The van der Waals surface area contributed by atoms with E-state index in [9.17, 15) is 4.48 Å². The lowest BCUT2D eigenvalue weighted by atomic mass is 9.92. The highest BCUT2D eigenvalue weighted by Gasteiger charge is 2.24. The van der Waals surface area contributed by atoms with Crippen molar-refractivity contribution in [3.63, 3.8) is 0 Å². The van der Waals surface area contributed by atoms with Crippen LogP contribution in [0.1, 0.15) is 52.4 Å². The van der Waals surface area contributed by atoms with Crippen LogP contribution in [-0.2, 0) is 0 Å². The van der Waals surface area contributed by atoms with Gasteiger partial charge in [0, 0.05) is 11.7 Å². The summed E-state index contributed by atoms with van der Waals surface area (Å²) < 4.78 is 13.9. The molecule has 1 saturated carbocycles. The molecule has 104 valence electrons. The van der Waals surface area contributed by atoms with Crippen LogP contribution in [0.2, 0.25) is 0 Å². The van der Waals surface area contributed by atoms with Gasteiger partial charge in [0.15, 0.2) is 5.84 Å². The minimum atomic E-state index is 0.461. The van der Waals surface area contributed by atoms with Gasteiger partial charge >= 0.3 is 0 Å². The average Bonchev–Trinajstić information content (AvgIpc) is 2.52. The zero-order valence-corrected chi connectivity index (χ0v) is 12.2. The summed E-state index contributed by atoms with van der Waals surface area (Å²) in [4.78, 5) is 4.64. The van der Waals surface area contributed by atoms with Crippen LogP contribution in [0.15, 0.2) is 28.0 Å². The van der Waals surface area contributed by atoms with Gasteiger partial charge in [-0.15, -0.1) is 4.48 Å². The summed E-state index contributed by atoms with van der Waals surface area (Å²) in [6.07, 6.45) is 8.23. The lowest BCUT2D eigenvalue weighted by Gasteiger charge is -2.30. The summed E-state index contributed by atoms with van der Waals surface area (Å²) in [6.45, 7) is 4.16. The Morgan fingerprint density at radius 2 is 2.16 bits per heavy atom. The molecule has 1 aliphatic heterocycles. The first-order chi connectivity index (χ1) is 9.15. The number of rotatable bonds is 4. The molecule has 2 aliphatic rings. The predicted octanol–water partition coefficient (Wildman–Crippen LogP) is 2.62. The zero-order valence-electron chi connectivity index (χ0n) is 12.2. The average molecular weight is 263 g/mol. The predicted molar refractivity (Wildman–Crippen MR) is 80.0 cm³/mol. The Morgan fingerprint density at radius 1 is 1.42 bits per heavy atom. The molecule has 0 aromatic heterocycles. The summed E-state index contributed by atoms with van der Waals surface area (Å²) in [5, 5.41) is 4.14. The number of hydrogen-bond acceptors (Lipinski definition) is 3. The molecule has 0 unspecified atom stereocenters. The third kappa shape index (κ3) is 3.20. The molecule has 1 aliphatic carbocycles. The van der Waals surface area contributed by atoms with Crippen LogP contribution in [0.25, 0.3) is 0 Å². The number of allylic oxidation sites excluding steroid dienone is 3. The quantitative estimate of drug-likeness (QED) is 0.623. The molecule has 0 amide bonds. The molecule has 0 saturated heterocycles. The number of amidine groups is 1. The Labute approximate surface area is 116 Å². The number of hydrogen-bond donors (Lipinski definition) is 1. The highest BCUT2D eigenvalue weighted by Crippen LogP contribution is 2.26. The second kappa shape index (κ2) is 6.26. The van der Waals surface area contributed by atoms with Crippen LogP contribution in [0.5, 0.6) is 0 Å². The normalized spacial score (nSPS) is 20.4. The molecule has 0 bridgehead atoms. The van der Waals surface area contributed by atoms with Crippen molar-refractivity contribution >= 4 is 13.8 Å². The van der Waals surface area contributed by atoms with E-state index < -0.39 is 0 Å². The summed E-state index contributed by atoms with van der Waals surface area (Å²) in [7, 11) is 1.46. The SMILES string of the molecule is BN(F)C1=C(CC)CC=C(CC)N=C1NC1CCC1. The molecule has 5 heteroatoms. The van der Waals surface area contributed by atoms with E-state index in [1.165, 1.54) is 14.4 Å². The van der Waals surface area contributed by atoms with Gasteiger partial charge in [-0.3, -0.25) is 5.03 Å². The minimum Gasteiger partial charge on any atom is -0.366 e. The first-order valence-corrected chi connectivity index (χ1v) is 7.31. The molecule has 0 radical (unpaired) electrons. The van der Waals surface area contributed by atoms with E-state index in [0.717, 1.165) is 54.2 Å². The number of nitrogens with zero attached hydrogens (tertiary/aromatic N) is 2. The molecule has 0 atom stereocenters. The zero-order chi connectivity index (χ0) is 13.8. The molecular weight excluding hydrogens is 240 g/mol. The smallest absolute Gasteiger partial charge is 0.262 e. The molecular formula is C14H23BFN3. The van der Waals surface area contributed by atoms with Crippen LogP contribution in [0, 0.1) is 0 Å². The van der Waals surface area contributed by atoms with E-state index in [-0.39, 0.29) is 0 Å². The van der Waals surface area contributed by atoms with Gasteiger partial charge in [-0.25, -0.2) is 4.99 Å². The van der Waals surface area contributed by atoms with Crippen molar-refractivity contribution in [3.8, 4) is 0 Å². The maximum atomic E-state index is 13.9. The summed E-state index contributed by atoms with van der Waals surface area (Å²) in [6, 6.07) is 0.461. The fourth-order valence-corrected chi connectivity index (χ4v) is 2.49. The largest absolute Gasteiger partial charge is 0.366 e. The number of aliphatic imine (C=N–C) groups is 1. The van der Waals surface area contributed by atoms with E-state index in [1.54, 1.807) is 0 Å². The van der Waals surface area contributed by atoms with Gasteiger partial charge in [-0.05, 0) is 44.1 Å². The summed E-state index contributed by atoms with van der Waals surface area (Å²) >= 11 is 0. The van der Waals surface area contributed by atoms with Crippen molar-refractivity contribution in [3.05, 3.63) is 23.0 Å². The lowest BCUT2D eigenvalue weighted by molar-refractivity contribution is 0.202. The third-order valence-corrected chi connectivity index (χ3v) is 3.94. The standard InChI is InChI=1S/C14H23BFN3/c1-3-10-8-9-11(4-2)17-14(13(10)19(15)16)18-12-6-5-7-12/h9,12H,3-8,15H2,1-2H3,(H,17,18). The molecule has 1 fully saturated rings. The van der Waals surface area contributed by atoms with Crippen molar-refractivity contribution in [2.75, 3.05) is 0 Å². The second-order valence-electron chi connectivity index (χ2n) is 5.27. The summed E-state index contributed by atoms with van der Waals surface area (Å²) in [5.41, 5.74) is 2.79. The van der Waals surface area contributed by atoms with Gasteiger partial charge in [-0.1, -0.05) is 19.9 Å². The van der Waals surface area contributed by atoms with Crippen molar-refractivity contribution in [2.24, 2.45) is 4.99 Å². The Kier molecular flexibility index (Phi) is 4.67. The molecule has 0 aromatic rings. The van der Waals surface area contributed by atoms with Gasteiger partial charge in [0.1, 0.15) is 0 Å². The number of halogens is 1. The van der Waals surface area contributed by atoms with E-state index in [1.807, 2.05) is 0 Å². The minimum absolute atomic E-state index is 0.461. The van der Waals surface area contributed by atoms with Crippen LogP contribution in [-0.4, -0.2) is 24.9 Å². The maximum Gasteiger partial charge on any atom is 0.262 e. The van der Waals surface area contributed by atoms with Gasteiger partial charge in [0.2, 0.25) is 0 Å². The maximum absolute atomic E-state index is 13.9. The van der Waals surface area contributed by atoms with Crippen molar-refractivity contribution in [2.45, 2.75) is 58.4 Å². The van der Waals surface area contributed by atoms with Gasteiger partial charge in [0.25, 0.3) is 7.98 Å². The fourth-order valence-electron chi connectivity index (χ4n) is 2.49. The van der Waals surface area contributed by atoms with Crippen LogP contribution >= 0.6 is 0 Å². The first kappa shape index (κ1) is 14.2. The summed E-state index contributed by atoms with van der Waals surface area (Å²) in [5.74, 6) is 0.720. The van der Waals surface area contributed by atoms with Crippen molar-refractivity contribution in [1.82, 2.24) is 10.3 Å². The Bertz CT molecular complexity index is 422. The van der Waals surface area contributed by atoms with E-state index in [0.29, 0.717) is 11.7 Å². The van der Waals surface area contributed by atoms with Crippen molar-refractivity contribution < 1.29 is 4.48 Å². The van der Waals surface area contributed by atoms with Gasteiger partial charge in [-0.2, -0.15) is 0 Å². The lowest BCUT2D eigenvalue weighted by Crippen LogP contribution is -2.42. The van der Waals surface area contributed by atoms with Crippen LogP contribution < -0.4 is 5.32 Å². The van der Waals surface area contributed by atoms with Gasteiger partial charge < -0.3 is 5.32 Å². The van der Waals surface area contributed by atoms with Crippen molar-refractivity contribution in [1.29, 1.82) is 0 Å².